The van der Waals surface area contributed by atoms with Crippen molar-refractivity contribution >= 4 is 34.2 Å². The van der Waals surface area contributed by atoms with Crippen LogP contribution >= 0.6 is 11.8 Å². The summed E-state index contributed by atoms with van der Waals surface area (Å²) < 4.78 is 1.42. The van der Waals surface area contributed by atoms with E-state index in [2.05, 4.69) is 24.3 Å². The fourth-order valence-corrected chi connectivity index (χ4v) is 5.62. The second-order valence-corrected chi connectivity index (χ2v) is 8.55. The molecule has 0 radical (unpaired) electrons. The first-order valence-corrected chi connectivity index (χ1v) is 10.4. The number of anilines is 1. The van der Waals surface area contributed by atoms with Crippen molar-refractivity contribution in [1.29, 1.82) is 0 Å². The molecule has 3 N–H and O–H groups in total. The maximum atomic E-state index is 13.0. The first kappa shape index (κ1) is 17.4. The first-order valence-electron chi connectivity index (χ1n) is 9.45. The average Bonchev–Trinajstić information content (AvgIpc) is 3.43. The number of rotatable bonds is 4. The second-order valence-electron chi connectivity index (χ2n) is 7.54. The van der Waals surface area contributed by atoms with Gasteiger partial charge in [-0.2, -0.15) is 0 Å². The van der Waals surface area contributed by atoms with E-state index in [4.69, 9.17) is 5.73 Å². The highest BCUT2D eigenvalue weighted by molar-refractivity contribution is 7.99. The quantitative estimate of drug-likeness (QED) is 0.706. The van der Waals surface area contributed by atoms with Crippen LogP contribution in [0.15, 0.2) is 52.3 Å². The lowest BCUT2D eigenvalue weighted by Gasteiger charge is -2.19. The number of carboxylic acid groups (broad SMARTS) is 1. The number of carboxylic acids is 1. The number of hydrogen-bond acceptors (Lipinski definition) is 4. The molecule has 28 heavy (non-hydrogen) atoms. The van der Waals surface area contributed by atoms with Gasteiger partial charge in [-0.1, -0.05) is 42.5 Å². The molecule has 0 spiro atoms. The van der Waals surface area contributed by atoms with E-state index < -0.39 is 12.0 Å². The molecule has 5 nitrogen and oxygen atoms in total. The average molecular weight is 392 g/mol. The molecule has 1 fully saturated rings. The largest absolute Gasteiger partial charge is 0.480 e. The van der Waals surface area contributed by atoms with Crippen LogP contribution in [0.5, 0.6) is 0 Å². The number of fused-ring (bicyclic) bond motifs is 2. The molecule has 2 aliphatic rings. The minimum atomic E-state index is -0.976. The number of aromatic nitrogens is 1. The van der Waals surface area contributed by atoms with Gasteiger partial charge in [-0.3, -0.25) is 9.36 Å². The molecule has 1 aromatic heterocycles. The maximum Gasteiger partial charge on any atom is 0.327 e. The van der Waals surface area contributed by atoms with Crippen molar-refractivity contribution in [2.24, 2.45) is 0 Å². The van der Waals surface area contributed by atoms with Gasteiger partial charge in [0.2, 0.25) is 0 Å². The van der Waals surface area contributed by atoms with Crippen LogP contribution in [0.3, 0.4) is 0 Å². The van der Waals surface area contributed by atoms with Crippen molar-refractivity contribution < 1.29 is 9.90 Å². The molecule has 1 aliphatic carbocycles. The molecule has 142 valence electrons. The van der Waals surface area contributed by atoms with Gasteiger partial charge >= 0.3 is 5.97 Å². The third kappa shape index (κ3) is 2.63. The third-order valence-electron chi connectivity index (χ3n) is 5.76. The fraction of sp³-hybridized carbons (Fsp3) is 0.273. The number of carbonyl (C=O) groups is 1. The molecule has 1 atom stereocenters. The van der Waals surface area contributed by atoms with E-state index in [0.717, 1.165) is 45.3 Å². The van der Waals surface area contributed by atoms with Crippen molar-refractivity contribution in [3.05, 3.63) is 69.5 Å². The van der Waals surface area contributed by atoms with Gasteiger partial charge in [0.1, 0.15) is 11.7 Å². The summed E-state index contributed by atoms with van der Waals surface area (Å²) in [5.41, 5.74) is 9.29. The minimum absolute atomic E-state index is 0.201. The molecule has 0 saturated heterocycles. The van der Waals surface area contributed by atoms with E-state index in [1.807, 2.05) is 18.2 Å². The van der Waals surface area contributed by atoms with E-state index in [-0.39, 0.29) is 11.2 Å². The Morgan fingerprint density at radius 1 is 1.18 bits per heavy atom. The second kappa shape index (κ2) is 6.41. The van der Waals surface area contributed by atoms with Gasteiger partial charge in [0, 0.05) is 12.2 Å². The number of aliphatic carboxylic acids is 1. The first-order chi connectivity index (χ1) is 13.6. The number of nitrogens with two attached hydrogens (primary N) is 1. The van der Waals surface area contributed by atoms with Crippen molar-refractivity contribution in [1.82, 2.24) is 4.57 Å². The highest BCUT2D eigenvalue weighted by Gasteiger charge is 2.39. The van der Waals surface area contributed by atoms with E-state index in [1.165, 1.54) is 16.3 Å². The molecule has 2 aromatic carbocycles. The lowest BCUT2D eigenvalue weighted by Crippen LogP contribution is -2.32. The summed E-state index contributed by atoms with van der Waals surface area (Å²) in [5, 5.41) is 12.7. The van der Waals surface area contributed by atoms with Crippen LogP contribution in [-0.2, 0) is 11.2 Å². The number of benzene rings is 2. The molecule has 2 heterocycles. The van der Waals surface area contributed by atoms with Gasteiger partial charge < -0.3 is 10.8 Å². The molecule has 0 unspecified atom stereocenters. The zero-order valence-electron chi connectivity index (χ0n) is 15.2. The Balaban J connectivity index is 1.71. The van der Waals surface area contributed by atoms with E-state index in [9.17, 15) is 14.7 Å². The summed E-state index contributed by atoms with van der Waals surface area (Å²) in [5.74, 6) is -0.230. The fourth-order valence-electron chi connectivity index (χ4n) is 4.22. The van der Waals surface area contributed by atoms with E-state index in [0.29, 0.717) is 18.1 Å². The highest BCUT2D eigenvalue weighted by Crippen LogP contribution is 2.49. The monoisotopic (exact) mass is 392 g/mol. The maximum absolute atomic E-state index is 13.0. The summed E-state index contributed by atoms with van der Waals surface area (Å²) in [7, 11) is 0. The predicted molar refractivity (Wildman–Crippen MR) is 111 cm³/mol. The zero-order chi connectivity index (χ0) is 19.4. The molecule has 1 aliphatic heterocycles. The predicted octanol–water partition coefficient (Wildman–Crippen LogP) is 3.78. The van der Waals surface area contributed by atoms with E-state index in [1.54, 1.807) is 0 Å². The molecule has 5 rings (SSSR count). The Morgan fingerprint density at radius 2 is 1.93 bits per heavy atom. The summed E-state index contributed by atoms with van der Waals surface area (Å²) in [4.78, 5) is 24.6. The SMILES string of the molecule is Nc1c(Cc2cccc3ccccc23)c(C2CC2)c2n(c1=O)[C@H](C(=O)O)CS2. The number of pyridine rings is 1. The Labute approximate surface area is 166 Å². The molecule has 1 saturated carbocycles. The molecular formula is C22H20N2O3S. The summed E-state index contributed by atoms with van der Waals surface area (Å²) in [6.45, 7) is 0. The molecule has 0 amide bonds. The van der Waals surface area contributed by atoms with Crippen molar-refractivity contribution in [3.8, 4) is 0 Å². The van der Waals surface area contributed by atoms with Gasteiger partial charge in [-0.05, 0) is 46.2 Å². The Hall–Kier alpha value is -2.73. The summed E-state index contributed by atoms with van der Waals surface area (Å²) >= 11 is 1.48. The van der Waals surface area contributed by atoms with E-state index >= 15 is 0 Å². The van der Waals surface area contributed by atoms with Gasteiger partial charge in [0.05, 0.1) is 5.03 Å². The number of thioether (sulfide) groups is 1. The van der Waals surface area contributed by atoms with Crippen LogP contribution in [0.4, 0.5) is 5.69 Å². The lowest BCUT2D eigenvalue weighted by atomic mass is 9.93. The zero-order valence-corrected chi connectivity index (χ0v) is 16.0. The van der Waals surface area contributed by atoms with Gasteiger partial charge in [-0.25, -0.2) is 4.79 Å². The topological polar surface area (TPSA) is 85.3 Å². The van der Waals surface area contributed by atoms with Gasteiger partial charge in [-0.15, -0.1) is 11.8 Å². The van der Waals surface area contributed by atoms with Crippen LogP contribution in [0, 0.1) is 0 Å². The van der Waals surface area contributed by atoms with Crippen molar-refractivity contribution in [3.63, 3.8) is 0 Å². The molecule has 3 aromatic rings. The van der Waals surface area contributed by atoms with Crippen LogP contribution < -0.4 is 11.3 Å². The van der Waals surface area contributed by atoms with Crippen LogP contribution in [-0.4, -0.2) is 21.4 Å². The van der Waals surface area contributed by atoms with Gasteiger partial charge in [0.15, 0.2) is 0 Å². The van der Waals surface area contributed by atoms with Crippen LogP contribution in [0.2, 0.25) is 0 Å². The number of nitrogen functional groups attached to an aromatic ring is 1. The minimum Gasteiger partial charge on any atom is -0.480 e. The Morgan fingerprint density at radius 3 is 2.68 bits per heavy atom. The number of hydrogen-bond donors (Lipinski definition) is 2. The third-order valence-corrected chi connectivity index (χ3v) is 6.93. The highest BCUT2D eigenvalue weighted by atomic mass is 32.2. The Kier molecular flexibility index (Phi) is 3.98. The molecule has 0 bridgehead atoms. The normalized spacial score (nSPS) is 18.4. The number of nitrogens with zero attached hydrogens (tertiary/aromatic N) is 1. The smallest absolute Gasteiger partial charge is 0.327 e. The standard InChI is InChI=1S/C22H20N2O3S/c23-19-16(10-14-6-3-5-12-4-1-2-7-15(12)14)18(13-8-9-13)21-24(20(19)25)17(11-28-21)22(26)27/h1-7,13,17H,8-11,23H2,(H,26,27)/t17-/m0/s1. The van der Waals surface area contributed by atoms with Crippen molar-refractivity contribution in [2.45, 2.75) is 36.2 Å². The summed E-state index contributed by atoms with van der Waals surface area (Å²) in [6.07, 6.45) is 2.71. The van der Waals surface area contributed by atoms with Gasteiger partial charge in [0.25, 0.3) is 5.56 Å². The molecule has 6 heteroatoms. The Bertz CT molecular complexity index is 1180. The van der Waals surface area contributed by atoms with Crippen LogP contribution in [0.25, 0.3) is 10.8 Å². The van der Waals surface area contributed by atoms with Crippen LogP contribution in [0.1, 0.15) is 41.5 Å². The lowest BCUT2D eigenvalue weighted by molar-refractivity contribution is -0.140. The summed E-state index contributed by atoms with van der Waals surface area (Å²) in [6, 6.07) is 13.6. The molecular weight excluding hydrogens is 372 g/mol. The van der Waals surface area contributed by atoms with Crippen molar-refractivity contribution in [2.75, 3.05) is 11.5 Å².